The van der Waals surface area contributed by atoms with Crippen molar-refractivity contribution in [1.82, 2.24) is 14.7 Å². The number of aliphatic hydroxyl groups excluding tert-OH is 1. The van der Waals surface area contributed by atoms with Gasteiger partial charge in [-0.2, -0.15) is 0 Å². The van der Waals surface area contributed by atoms with Crippen LogP contribution in [0.15, 0.2) is 25.3 Å². The van der Waals surface area contributed by atoms with Crippen molar-refractivity contribution >= 4 is 17.7 Å². The van der Waals surface area contributed by atoms with Gasteiger partial charge < -0.3 is 24.5 Å². The number of likely N-dealkylation sites (tertiary alicyclic amines) is 1. The van der Waals surface area contributed by atoms with Crippen molar-refractivity contribution in [1.29, 1.82) is 0 Å². The molecule has 5 atom stereocenters. The van der Waals surface area contributed by atoms with Gasteiger partial charge in [0.25, 0.3) is 0 Å². The monoisotopic (exact) mass is 529 g/mol. The number of aliphatic hydroxyl groups is 1. The zero-order valence-corrected chi connectivity index (χ0v) is 23.4. The van der Waals surface area contributed by atoms with E-state index in [1.807, 2.05) is 11.8 Å². The van der Waals surface area contributed by atoms with Gasteiger partial charge in [-0.15, -0.1) is 13.2 Å². The van der Waals surface area contributed by atoms with E-state index in [1.54, 1.807) is 29.0 Å². The minimum absolute atomic E-state index is 0.0557. The number of rotatable bonds is 13. The number of hydrogen-bond donors (Lipinski definition) is 1. The first kappa shape index (κ1) is 28.8. The maximum Gasteiger partial charge on any atom is 0.248 e. The molecule has 2 bridgehead atoms. The molecular formula is C30H47N3O5. The third-order valence-electron chi connectivity index (χ3n) is 9.49. The highest BCUT2D eigenvalue weighted by Crippen LogP contribution is 2.63. The molecule has 3 saturated heterocycles. The number of hydrogen-bond acceptors (Lipinski definition) is 5. The van der Waals surface area contributed by atoms with Crippen LogP contribution in [0.2, 0.25) is 0 Å². The molecule has 1 spiro atoms. The first-order chi connectivity index (χ1) is 18.3. The fourth-order valence-corrected chi connectivity index (χ4v) is 7.70. The predicted molar refractivity (Wildman–Crippen MR) is 146 cm³/mol. The van der Waals surface area contributed by atoms with Crippen LogP contribution in [0.3, 0.4) is 0 Å². The molecule has 2 unspecified atom stereocenters. The van der Waals surface area contributed by atoms with Crippen LogP contribution in [0, 0.1) is 11.8 Å². The zero-order valence-electron chi connectivity index (χ0n) is 23.4. The molecule has 0 aromatic heterocycles. The van der Waals surface area contributed by atoms with Crippen molar-refractivity contribution in [3.8, 4) is 0 Å². The summed E-state index contributed by atoms with van der Waals surface area (Å²) < 4.78 is 6.79. The van der Waals surface area contributed by atoms with E-state index < -0.39 is 29.1 Å². The Kier molecular flexibility index (Phi) is 9.03. The van der Waals surface area contributed by atoms with Gasteiger partial charge in [-0.25, -0.2) is 0 Å². The van der Waals surface area contributed by atoms with Crippen LogP contribution >= 0.6 is 0 Å². The van der Waals surface area contributed by atoms with Gasteiger partial charge in [-0.1, -0.05) is 44.3 Å². The molecule has 0 aromatic carbocycles. The zero-order chi connectivity index (χ0) is 27.5. The Hall–Kier alpha value is -2.19. The molecule has 4 aliphatic rings. The maximum atomic E-state index is 14.5. The van der Waals surface area contributed by atoms with Crippen LogP contribution in [0.4, 0.5) is 0 Å². The predicted octanol–water partition coefficient (Wildman–Crippen LogP) is 3.30. The summed E-state index contributed by atoms with van der Waals surface area (Å²) in [4.78, 5) is 47.8. The average Bonchev–Trinajstić information content (AvgIpc) is 3.47. The lowest BCUT2D eigenvalue weighted by Crippen LogP contribution is -2.58. The van der Waals surface area contributed by atoms with Gasteiger partial charge >= 0.3 is 0 Å². The van der Waals surface area contributed by atoms with Crippen LogP contribution in [-0.4, -0.2) is 94.1 Å². The Morgan fingerprint density at radius 1 is 1.05 bits per heavy atom. The summed E-state index contributed by atoms with van der Waals surface area (Å²) in [7, 11) is 1.74. The van der Waals surface area contributed by atoms with E-state index in [0.29, 0.717) is 32.5 Å². The maximum absolute atomic E-state index is 14.5. The number of ether oxygens (including phenoxy) is 1. The number of nitrogens with zero attached hydrogens (tertiary/aromatic N) is 3. The molecule has 3 amide bonds. The Morgan fingerprint density at radius 3 is 2.39 bits per heavy atom. The van der Waals surface area contributed by atoms with Gasteiger partial charge in [0, 0.05) is 39.3 Å². The fourth-order valence-electron chi connectivity index (χ4n) is 7.70. The molecular weight excluding hydrogens is 482 g/mol. The Morgan fingerprint density at radius 2 is 1.74 bits per heavy atom. The van der Waals surface area contributed by atoms with Gasteiger partial charge in [0.05, 0.1) is 17.4 Å². The summed E-state index contributed by atoms with van der Waals surface area (Å²) in [6.45, 7) is 11.1. The van der Waals surface area contributed by atoms with Gasteiger partial charge in [-0.05, 0) is 45.4 Å². The number of carbonyl (C=O) groups excluding carboxylic acids is 3. The summed E-state index contributed by atoms with van der Waals surface area (Å²) in [6.07, 6.45) is 13.2. The Bertz CT molecular complexity index is 918. The summed E-state index contributed by atoms with van der Waals surface area (Å²) in [5.41, 5.74) is -1.76. The van der Waals surface area contributed by atoms with Crippen molar-refractivity contribution in [2.24, 2.45) is 11.8 Å². The standard InChI is InChI=1S/C30H47N3O5/c1-5-18-31(4)26(35)23-24-27(36)33(20-12-7-8-13-21-34)25(30(24)17-16-29(23,3)38-30)28(37)32(19-6-2)22-14-10-9-11-15-22/h5-6,22-25,34H,1-2,7-21H2,3-4H3/t23-,24-,25?,29+,30?/m0/s1. The van der Waals surface area contributed by atoms with E-state index in [-0.39, 0.29) is 30.4 Å². The average molecular weight is 530 g/mol. The lowest BCUT2D eigenvalue weighted by atomic mass is 9.66. The lowest BCUT2D eigenvalue weighted by molar-refractivity contribution is -0.154. The number of likely N-dealkylation sites (N-methyl/N-ethyl adjacent to an activating group) is 1. The number of carbonyl (C=O) groups is 3. The molecule has 8 nitrogen and oxygen atoms in total. The molecule has 3 heterocycles. The van der Waals surface area contributed by atoms with Crippen LogP contribution in [0.5, 0.6) is 0 Å². The quantitative estimate of drug-likeness (QED) is 0.292. The van der Waals surface area contributed by atoms with Crippen molar-refractivity contribution in [2.45, 2.75) is 101 Å². The second-order valence-electron chi connectivity index (χ2n) is 12.0. The van der Waals surface area contributed by atoms with Crippen molar-refractivity contribution in [2.75, 3.05) is 33.3 Å². The topological polar surface area (TPSA) is 90.4 Å². The van der Waals surface area contributed by atoms with Gasteiger partial charge in [0.15, 0.2) is 0 Å². The van der Waals surface area contributed by atoms with Crippen molar-refractivity contribution < 1.29 is 24.2 Å². The minimum Gasteiger partial charge on any atom is -0.396 e. The van der Waals surface area contributed by atoms with Gasteiger partial charge in [0.1, 0.15) is 11.6 Å². The molecule has 3 aliphatic heterocycles. The summed E-state index contributed by atoms with van der Waals surface area (Å²) >= 11 is 0. The number of amides is 3. The highest BCUT2D eigenvalue weighted by Gasteiger charge is 2.78. The Labute approximate surface area is 228 Å². The summed E-state index contributed by atoms with van der Waals surface area (Å²) in [5.74, 6) is -1.57. The van der Waals surface area contributed by atoms with E-state index >= 15 is 0 Å². The van der Waals surface area contributed by atoms with Crippen molar-refractivity contribution in [3.63, 3.8) is 0 Å². The van der Waals surface area contributed by atoms with Crippen LogP contribution in [0.25, 0.3) is 0 Å². The van der Waals surface area contributed by atoms with E-state index in [1.165, 1.54) is 6.42 Å². The molecule has 4 rings (SSSR count). The normalized spacial score (nSPS) is 32.3. The highest BCUT2D eigenvalue weighted by atomic mass is 16.5. The summed E-state index contributed by atoms with van der Waals surface area (Å²) in [6, 6.07) is -0.597. The lowest BCUT2D eigenvalue weighted by Gasteiger charge is -2.40. The molecule has 4 fully saturated rings. The molecule has 0 aromatic rings. The molecule has 212 valence electrons. The molecule has 0 radical (unpaired) electrons. The first-order valence-electron chi connectivity index (χ1n) is 14.6. The van der Waals surface area contributed by atoms with Crippen molar-refractivity contribution in [3.05, 3.63) is 25.3 Å². The second kappa shape index (κ2) is 11.9. The third-order valence-corrected chi connectivity index (χ3v) is 9.49. The van der Waals surface area contributed by atoms with Gasteiger partial charge in [-0.3, -0.25) is 14.4 Å². The van der Waals surface area contributed by atoms with E-state index in [4.69, 9.17) is 9.84 Å². The number of unbranched alkanes of at least 4 members (excludes halogenated alkanes) is 3. The largest absolute Gasteiger partial charge is 0.396 e. The SMILES string of the molecule is C=CCN(C)C(=O)[C@@H]1[C@H]2C(=O)N(CCCCCCO)C(C(=O)N(CC=C)C3CCCCC3)C23CC[C@@]1(C)O3. The Balaban J connectivity index is 1.69. The molecule has 1 N–H and O–H groups in total. The van der Waals surface area contributed by atoms with E-state index in [2.05, 4.69) is 13.2 Å². The van der Waals surface area contributed by atoms with E-state index in [9.17, 15) is 14.4 Å². The molecule has 38 heavy (non-hydrogen) atoms. The third kappa shape index (κ3) is 4.94. The van der Waals surface area contributed by atoms with Crippen LogP contribution < -0.4 is 0 Å². The van der Waals surface area contributed by atoms with Crippen LogP contribution in [-0.2, 0) is 19.1 Å². The molecule has 1 aliphatic carbocycles. The second-order valence-corrected chi connectivity index (χ2v) is 12.0. The highest BCUT2D eigenvalue weighted by molar-refractivity contribution is 5.99. The number of fused-ring (bicyclic) bond motifs is 1. The summed E-state index contributed by atoms with van der Waals surface area (Å²) in [5, 5.41) is 9.16. The fraction of sp³-hybridized carbons (Fsp3) is 0.767. The van der Waals surface area contributed by atoms with Gasteiger partial charge in [0.2, 0.25) is 17.7 Å². The van der Waals surface area contributed by atoms with E-state index in [0.717, 1.165) is 51.4 Å². The molecule has 8 heteroatoms. The minimum atomic E-state index is -0.989. The molecule has 1 saturated carbocycles. The first-order valence-corrected chi connectivity index (χ1v) is 14.6. The van der Waals surface area contributed by atoms with Crippen LogP contribution in [0.1, 0.15) is 77.6 Å². The smallest absolute Gasteiger partial charge is 0.248 e.